The van der Waals surface area contributed by atoms with E-state index in [-0.39, 0.29) is 5.97 Å². The average Bonchev–Trinajstić information content (AvgIpc) is 2.83. The van der Waals surface area contributed by atoms with Crippen molar-refractivity contribution in [3.05, 3.63) is 66.9 Å². The molecule has 0 aliphatic heterocycles. The van der Waals surface area contributed by atoms with Gasteiger partial charge in [0.15, 0.2) is 0 Å². The number of aromatic nitrogens is 2. The zero-order chi connectivity index (χ0) is 21.9. The Kier molecular flexibility index (Phi) is 8.59. The molecule has 0 saturated heterocycles. The van der Waals surface area contributed by atoms with Crippen LogP contribution in [0.25, 0.3) is 22.5 Å². The van der Waals surface area contributed by atoms with E-state index in [1.54, 1.807) is 0 Å². The number of ether oxygens (including phenoxy) is 1. The lowest BCUT2D eigenvalue weighted by Crippen LogP contribution is -2.20. The van der Waals surface area contributed by atoms with Crippen molar-refractivity contribution in [1.82, 2.24) is 9.97 Å². The summed E-state index contributed by atoms with van der Waals surface area (Å²) in [6, 6.07) is 20.4. The largest absolute Gasteiger partial charge is 0.469 e. The Morgan fingerprint density at radius 2 is 1.42 bits per heavy atom. The van der Waals surface area contributed by atoms with Crippen molar-refractivity contribution in [3.63, 3.8) is 0 Å². The third-order valence-corrected chi connectivity index (χ3v) is 5.35. The maximum atomic E-state index is 11.1. The van der Waals surface area contributed by atoms with Gasteiger partial charge in [0.25, 0.3) is 0 Å². The van der Waals surface area contributed by atoms with Gasteiger partial charge in [0, 0.05) is 31.1 Å². The minimum Gasteiger partial charge on any atom is -0.469 e. The number of methoxy groups -OCH3 is 1. The lowest BCUT2D eigenvalue weighted by Gasteiger charge is -2.20. The molecule has 3 aromatic rings. The van der Waals surface area contributed by atoms with Crippen LogP contribution in [0.15, 0.2) is 66.9 Å². The van der Waals surface area contributed by atoms with Gasteiger partial charge in [-0.05, 0) is 12.8 Å². The molecule has 3 rings (SSSR count). The third kappa shape index (κ3) is 6.64. The number of anilines is 1. The van der Waals surface area contributed by atoms with Crippen LogP contribution in [0.3, 0.4) is 0 Å². The molecule has 2 aromatic carbocycles. The van der Waals surface area contributed by atoms with E-state index in [1.807, 2.05) is 42.6 Å². The highest BCUT2D eigenvalue weighted by atomic mass is 16.5. The predicted octanol–water partition coefficient (Wildman–Crippen LogP) is 5.76. The van der Waals surface area contributed by atoms with E-state index >= 15 is 0 Å². The van der Waals surface area contributed by atoms with Gasteiger partial charge in [-0.15, -0.1) is 0 Å². The van der Waals surface area contributed by atoms with Crippen molar-refractivity contribution < 1.29 is 9.53 Å². The Hall–Kier alpha value is -3.21. The van der Waals surface area contributed by atoms with E-state index in [9.17, 15) is 4.79 Å². The zero-order valence-electron chi connectivity index (χ0n) is 18.5. The summed E-state index contributed by atoms with van der Waals surface area (Å²) in [7, 11) is 3.51. The normalized spacial score (nSPS) is 10.6. The molecule has 0 N–H and O–H groups in total. The van der Waals surface area contributed by atoms with Gasteiger partial charge in [0.05, 0.1) is 24.7 Å². The predicted molar refractivity (Wildman–Crippen MR) is 126 cm³/mol. The molecule has 0 spiro atoms. The van der Waals surface area contributed by atoms with Gasteiger partial charge in [-0.2, -0.15) is 0 Å². The summed E-state index contributed by atoms with van der Waals surface area (Å²) in [6.07, 6.45) is 7.67. The third-order valence-electron chi connectivity index (χ3n) is 5.35. The molecule has 5 nitrogen and oxygen atoms in total. The highest BCUT2D eigenvalue weighted by molar-refractivity contribution is 5.78. The zero-order valence-corrected chi connectivity index (χ0v) is 18.5. The topological polar surface area (TPSA) is 55.3 Å². The van der Waals surface area contributed by atoms with Gasteiger partial charge < -0.3 is 9.64 Å². The fourth-order valence-corrected chi connectivity index (χ4v) is 3.53. The maximum absolute atomic E-state index is 11.1. The van der Waals surface area contributed by atoms with Gasteiger partial charge in [0.1, 0.15) is 5.82 Å². The molecular formula is C26H31N3O2. The van der Waals surface area contributed by atoms with Crippen molar-refractivity contribution in [3.8, 4) is 22.5 Å². The molecule has 0 unspecified atom stereocenters. The molecule has 0 amide bonds. The van der Waals surface area contributed by atoms with E-state index in [0.29, 0.717) is 6.42 Å². The number of benzene rings is 2. The molecule has 5 heteroatoms. The van der Waals surface area contributed by atoms with Crippen LogP contribution >= 0.6 is 0 Å². The Bertz CT molecular complexity index is 945. The molecule has 0 radical (unpaired) electrons. The molecule has 0 atom stereocenters. The van der Waals surface area contributed by atoms with Gasteiger partial charge in [-0.25, -0.2) is 4.98 Å². The summed E-state index contributed by atoms with van der Waals surface area (Å²) in [6.45, 7) is 0.921. The van der Waals surface area contributed by atoms with E-state index in [0.717, 1.165) is 67.0 Å². The Morgan fingerprint density at radius 3 is 2.06 bits per heavy atom. The quantitative estimate of drug-likeness (QED) is 0.293. The lowest BCUT2D eigenvalue weighted by atomic mass is 10.0. The molecule has 0 saturated carbocycles. The Labute approximate surface area is 185 Å². The SMILES string of the molecule is COC(=O)CCCCCCCN(C)c1cnc(-c2ccccc2)c(-c2ccccc2)n1. The second kappa shape index (κ2) is 11.8. The molecule has 31 heavy (non-hydrogen) atoms. The van der Waals surface area contributed by atoms with E-state index in [4.69, 9.17) is 9.97 Å². The van der Waals surface area contributed by atoms with Gasteiger partial charge in [-0.3, -0.25) is 9.78 Å². The number of unbranched alkanes of at least 4 members (excludes halogenated alkanes) is 4. The van der Waals surface area contributed by atoms with Gasteiger partial charge in [-0.1, -0.05) is 79.9 Å². The summed E-state index contributed by atoms with van der Waals surface area (Å²) >= 11 is 0. The lowest BCUT2D eigenvalue weighted by molar-refractivity contribution is -0.140. The van der Waals surface area contributed by atoms with E-state index < -0.39 is 0 Å². The van der Waals surface area contributed by atoms with Gasteiger partial charge >= 0.3 is 5.97 Å². The van der Waals surface area contributed by atoms with E-state index in [1.165, 1.54) is 7.11 Å². The van der Waals surface area contributed by atoms with Crippen LogP contribution in [0.5, 0.6) is 0 Å². The molecule has 0 aliphatic rings. The highest BCUT2D eigenvalue weighted by Gasteiger charge is 2.13. The minimum atomic E-state index is -0.119. The summed E-state index contributed by atoms with van der Waals surface area (Å²) in [5.74, 6) is 0.760. The fraction of sp³-hybridized carbons (Fsp3) is 0.346. The number of hydrogen-bond acceptors (Lipinski definition) is 5. The van der Waals surface area contributed by atoms with Crippen molar-refractivity contribution in [2.24, 2.45) is 0 Å². The maximum Gasteiger partial charge on any atom is 0.305 e. The first-order valence-corrected chi connectivity index (χ1v) is 10.9. The number of nitrogens with zero attached hydrogens (tertiary/aromatic N) is 3. The average molecular weight is 418 g/mol. The summed E-state index contributed by atoms with van der Waals surface area (Å²) in [5.41, 5.74) is 3.93. The molecular weight excluding hydrogens is 386 g/mol. The molecule has 0 bridgehead atoms. The Balaban J connectivity index is 1.63. The first-order chi connectivity index (χ1) is 15.2. The molecule has 1 aromatic heterocycles. The second-order valence-corrected chi connectivity index (χ2v) is 7.67. The van der Waals surface area contributed by atoms with Crippen LogP contribution in [0.2, 0.25) is 0 Å². The smallest absolute Gasteiger partial charge is 0.305 e. The molecule has 1 heterocycles. The second-order valence-electron chi connectivity index (χ2n) is 7.67. The number of esters is 1. The van der Waals surface area contributed by atoms with Crippen molar-refractivity contribution >= 4 is 11.8 Å². The van der Waals surface area contributed by atoms with Gasteiger partial charge in [0.2, 0.25) is 0 Å². The number of carbonyl (C=O) groups is 1. The summed E-state index contributed by atoms with van der Waals surface area (Å²) in [5, 5.41) is 0. The minimum absolute atomic E-state index is 0.119. The van der Waals surface area contributed by atoms with Crippen LogP contribution in [0, 0.1) is 0 Å². The Morgan fingerprint density at radius 1 is 0.839 bits per heavy atom. The first-order valence-electron chi connectivity index (χ1n) is 10.9. The van der Waals surface area contributed by atoms with Crippen LogP contribution in [0.1, 0.15) is 38.5 Å². The first kappa shape index (κ1) is 22.5. The van der Waals surface area contributed by atoms with Crippen LogP contribution in [-0.4, -0.2) is 36.6 Å². The summed E-state index contributed by atoms with van der Waals surface area (Å²) < 4.78 is 4.68. The van der Waals surface area contributed by atoms with E-state index in [2.05, 4.69) is 40.9 Å². The molecule has 162 valence electrons. The van der Waals surface area contributed by atoms with Crippen molar-refractivity contribution in [2.45, 2.75) is 38.5 Å². The number of hydrogen-bond donors (Lipinski definition) is 0. The standard InChI is InChI=1S/C26H31N3O2/c1-29(19-13-5-3-4-12-18-24(30)31-2)23-20-27-25(21-14-8-6-9-15-21)26(28-23)22-16-10-7-11-17-22/h6-11,14-17,20H,3-5,12-13,18-19H2,1-2H3. The summed E-state index contributed by atoms with van der Waals surface area (Å²) in [4.78, 5) is 23.1. The highest BCUT2D eigenvalue weighted by Crippen LogP contribution is 2.30. The monoisotopic (exact) mass is 417 g/mol. The van der Waals surface area contributed by atoms with Crippen LogP contribution in [0.4, 0.5) is 5.82 Å². The molecule has 0 aliphatic carbocycles. The molecule has 0 fully saturated rings. The number of rotatable bonds is 11. The fourth-order valence-electron chi connectivity index (χ4n) is 3.53. The van der Waals surface area contributed by atoms with Crippen molar-refractivity contribution in [2.75, 3.05) is 25.6 Å². The van der Waals surface area contributed by atoms with Crippen molar-refractivity contribution in [1.29, 1.82) is 0 Å². The van der Waals surface area contributed by atoms with Crippen LogP contribution in [-0.2, 0) is 9.53 Å². The number of carbonyl (C=O) groups excluding carboxylic acids is 1. The van der Waals surface area contributed by atoms with Crippen LogP contribution < -0.4 is 4.90 Å².